The smallest absolute Gasteiger partial charge is 0.321 e. The summed E-state index contributed by atoms with van der Waals surface area (Å²) < 4.78 is 0. The van der Waals surface area contributed by atoms with Crippen LogP contribution in [-0.2, 0) is 4.79 Å². The van der Waals surface area contributed by atoms with Gasteiger partial charge in [0.2, 0.25) is 5.91 Å². The van der Waals surface area contributed by atoms with Crippen molar-refractivity contribution < 1.29 is 9.59 Å². The number of nitrogens with zero attached hydrogens (tertiary/aromatic N) is 1. The molecule has 0 aromatic carbocycles. The highest BCUT2D eigenvalue weighted by molar-refractivity contribution is 5.95. The van der Waals surface area contributed by atoms with Crippen LogP contribution in [0.2, 0.25) is 0 Å². The van der Waals surface area contributed by atoms with Crippen LogP contribution in [0.3, 0.4) is 0 Å². The lowest BCUT2D eigenvalue weighted by Gasteiger charge is -2.15. The molecule has 1 aliphatic heterocycles. The first-order valence-corrected chi connectivity index (χ1v) is 6.60. The molecule has 3 N–H and O–H groups in total. The number of nitrogens with one attached hydrogen (secondary N) is 3. The van der Waals surface area contributed by atoms with E-state index in [0.717, 1.165) is 32.5 Å². The van der Waals surface area contributed by atoms with Crippen molar-refractivity contribution in [3.8, 4) is 0 Å². The molecule has 0 aromatic rings. The Morgan fingerprint density at radius 3 is 2.83 bits per heavy atom. The maximum absolute atomic E-state index is 11.6. The first-order valence-electron chi connectivity index (χ1n) is 6.60. The van der Waals surface area contributed by atoms with Gasteiger partial charge in [0, 0.05) is 13.1 Å². The lowest BCUT2D eigenvalue weighted by Crippen LogP contribution is -2.44. The van der Waals surface area contributed by atoms with Crippen molar-refractivity contribution >= 4 is 11.9 Å². The Bertz CT molecular complexity index is 283. The third kappa shape index (κ3) is 5.46. The van der Waals surface area contributed by atoms with Gasteiger partial charge in [0.1, 0.15) is 0 Å². The summed E-state index contributed by atoms with van der Waals surface area (Å²) in [5.74, 6) is 0.380. The molecule has 1 atom stereocenters. The average Bonchev–Trinajstić information content (AvgIpc) is 2.74. The number of hydrogen-bond acceptors (Lipinski definition) is 4. The summed E-state index contributed by atoms with van der Waals surface area (Å²) in [4.78, 5) is 25.0. The van der Waals surface area contributed by atoms with Gasteiger partial charge < -0.3 is 10.6 Å². The third-order valence-corrected chi connectivity index (χ3v) is 3.02. The average molecular weight is 256 g/mol. The normalized spacial score (nSPS) is 19.8. The number of likely N-dealkylation sites (tertiary alicyclic amines) is 1. The Morgan fingerprint density at radius 2 is 2.17 bits per heavy atom. The van der Waals surface area contributed by atoms with E-state index in [2.05, 4.69) is 20.9 Å². The molecule has 104 valence electrons. The van der Waals surface area contributed by atoms with Gasteiger partial charge in [-0.05, 0) is 38.9 Å². The van der Waals surface area contributed by atoms with Gasteiger partial charge in [0.05, 0.1) is 6.54 Å². The van der Waals surface area contributed by atoms with Crippen molar-refractivity contribution in [1.29, 1.82) is 0 Å². The van der Waals surface area contributed by atoms with Gasteiger partial charge in [0.15, 0.2) is 0 Å². The Balaban J connectivity index is 2.18. The van der Waals surface area contributed by atoms with Gasteiger partial charge >= 0.3 is 6.03 Å². The number of urea groups is 1. The monoisotopic (exact) mass is 256 g/mol. The second kappa shape index (κ2) is 8.05. The molecule has 0 bridgehead atoms. The first-order chi connectivity index (χ1) is 8.65. The van der Waals surface area contributed by atoms with Crippen LogP contribution in [0.15, 0.2) is 0 Å². The molecule has 1 fully saturated rings. The maximum Gasteiger partial charge on any atom is 0.321 e. The molecule has 1 saturated heterocycles. The Morgan fingerprint density at radius 1 is 1.39 bits per heavy atom. The zero-order valence-electron chi connectivity index (χ0n) is 11.3. The molecule has 0 radical (unpaired) electrons. The molecule has 0 saturated carbocycles. The summed E-state index contributed by atoms with van der Waals surface area (Å²) >= 11 is 0. The summed E-state index contributed by atoms with van der Waals surface area (Å²) in [5.41, 5.74) is 0. The largest absolute Gasteiger partial charge is 0.338 e. The molecule has 6 nitrogen and oxygen atoms in total. The van der Waals surface area contributed by atoms with E-state index in [1.807, 2.05) is 14.0 Å². The summed E-state index contributed by atoms with van der Waals surface area (Å²) in [6, 6.07) is -0.396. The standard InChI is InChI=1S/C12H24N4O2/c1-3-5-14-12(18)15-11(17)9-16-6-4-10(8-16)7-13-2/h10,13H,3-9H2,1-2H3,(H2,14,15,17,18). The first kappa shape index (κ1) is 14.9. The summed E-state index contributed by atoms with van der Waals surface area (Å²) in [7, 11) is 1.94. The van der Waals surface area contributed by atoms with E-state index in [1.165, 1.54) is 0 Å². The lowest BCUT2D eigenvalue weighted by molar-refractivity contribution is -0.120. The zero-order chi connectivity index (χ0) is 13.4. The van der Waals surface area contributed by atoms with Crippen molar-refractivity contribution in [3.63, 3.8) is 0 Å². The molecule has 1 rings (SSSR count). The summed E-state index contributed by atoms with van der Waals surface area (Å²) in [6.07, 6.45) is 1.97. The highest BCUT2D eigenvalue weighted by Gasteiger charge is 2.23. The molecular formula is C12H24N4O2. The SMILES string of the molecule is CCCNC(=O)NC(=O)CN1CCC(CNC)C1. The molecule has 3 amide bonds. The van der Waals surface area contributed by atoms with E-state index in [0.29, 0.717) is 19.0 Å². The van der Waals surface area contributed by atoms with Crippen molar-refractivity contribution in [2.75, 3.05) is 39.8 Å². The van der Waals surface area contributed by atoms with Crippen LogP contribution in [0.25, 0.3) is 0 Å². The van der Waals surface area contributed by atoms with Crippen molar-refractivity contribution in [3.05, 3.63) is 0 Å². The van der Waals surface area contributed by atoms with E-state index in [4.69, 9.17) is 0 Å². The van der Waals surface area contributed by atoms with E-state index >= 15 is 0 Å². The van der Waals surface area contributed by atoms with Crippen LogP contribution in [0.5, 0.6) is 0 Å². The minimum absolute atomic E-state index is 0.228. The van der Waals surface area contributed by atoms with Crippen LogP contribution in [0, 0.1) is 5.92 Å². The van der Waals surface area contributed by atoms with Gasteiger partial charge in [-0.2, -0.15) is 0 Å². The second-order valence-electron chi connectivity index (χ2n) is 4.75. The summed E-state index contributed by atoms with van der Waals surface area (Å²) in [5, 5.41) is 8.11. The zero-order valence-corrected chi connectivity index (χ0v) is 11.3. The number of rotatable bonds is 6. The fraction of sp³-hybridized carbons (Fsp3) is 0.833. The molecule has 0 aromatic heterocycles. The van der Waals surface area contributed by atoms with Crippen LogP contribution >= 0.6 is 0 Å². The highest BCUT2D eigenvalue weighted by atomic mass is 16.2. The Labute approximate surface area is 108 Å². The summed E-state index contributed by atoms with van der Waals surface area (Å²) in [6.45, 7) is 5.69. The molecule has 1 aliphatic rings. The lowest BCUT2D eigenvalue weighted by atomic mass is 10.1. The van der Waals surface area contributed by atoms with Crippen LogP contribution in [-0.4, -0.2) is 56.6 Å². The molecule has 18 heavy (non-hydrogen) atoms. The van der Waals surface area contributed by atoms with E-state index in [1.54, 1.807) is 0 Å². The number of hydrogen-bond donors (Lipinski definition) is 3. The van der Waals surface area contributed by atoms with Gasteiger partial charge in [-0.25, -0.2) is 4.79 Å². The fourth-order valence-corrected chi connectivity index (χ4v) is 2.16. The van der Waals surface area contributed by atoms with Gasteiger partial charge in [-0.1, -0.05) is 6.92 Å². The van der Waals surface area contributed by atoms with E-state index in [-0.39, 0.29) is 5.91 Å². The molecular weight excluding hydrogens is 232 g/mol. The van der Waals surface area contributed by atoms with Crippen LogP contribution in [0.4, 0.5) is 4.79 Å². The molecule has 6 heteroatoms. The fourth-order valence-electron chi connectivity index (χ4n) is 2.16. The number of amides is 3. The molecule has 1 unspecified atom stereocenters. The second-order valence-corrected chi connectivity index (χ2v) is 4.75. The van der Waals surface area contributed by atoms with E-state index in [9.17, 15) is 9.59 Å². The quantitative estimate of drug-likeness (QED) is 0.613. The van der Waals surface area contributed by atoms with Gasteiger partial charge in [-0.15, -0.1) is 0 Å². The minimum atomic E-state index is -0.396. The van der Waals surface area contributed by atoms with E-state index < -0.39 is 6.03 Å². The number of carbonyl (C=O) groups is 2. The van der Waals surface area contributed by atoms with Crippen molar-refractivity contribution in [1.82, 2.24) is 20.9 Å². The molecule has 1 heterocycles. The molecule has 0 spiro atoms. The van der Waals surface area contributed by atoms with Crippen LogP contribution in [0.1, 0.15) is 19.8 Å². The van der Waals surface area contributed by atoms with Crippen molar-refractivity contribution in [2.24, 2.45) is 5.92 Å². The highest BCUT2D eigenvalue weighted by Crippen LogP contribution is 2.14. The number of carbonyl (C=O) groups excluding carboxylic acids is 2. The Kier molecular flexibility index (Phi) is 6.67. The maximum atomic E-state index is 11.6. The topological polar surface area (TPSA) is 73.5 Å². The van der Waals surface area contributed by atoms with Crippen molar-refractivity contribution in [2.45, 2.75) is 19.8 Å². The third-order valence-electron chi connectivity index (χ3n) is 3.02. The Hall–Kier alpha value is -1.14. The van der Waals surface area contributed by atoms with Crippen LogP contribution < -0.4 is 16.0 Å². The predicted molar refractivity (Wildman–Crippen MR) is 70.3 cm³/mol. The van der Waals surface area contributed by atoms with Gasteiger partial charge in [0.25, 0.3) is 0 Å². The molecule has 0 aliphatic carbocycles. The minimum Gasteiger partial charge on any atom is -0.338 e. The number of imide groups is 1. The predicted octanol–water partition coefficient (Wildman–Crippen LogP) is -0.236. The van der Waals surface area contributed by atoms with Gasteiger partial charge in [-0.3, -0.25) is 15.0 Å².